The van der Waals surface area contributed by atoms with E-state index in [1.165, 1.54) is 0 Å². The van der Waals surface area contributed by atoms with Gasteiger partial charge in [-0.2, -0.15) is 11.8 Å². The molecule has 1 aromatic heterocycles. The second-order valence-corrected chi connectivity index (χ2v) is 8.97. The summed E-state index contributed by atoms with van der Waals surface area (Å²) in [6.07, 6.45) is 3.49. The van der Waals surface area contributed by atoms with Gasteiger partial charge in [-0.15, -0.1) is 0 Å². The van der Waals surface area contributed by atoms with Gasteiger partial charge < -0.3 is 14.8 Å². The van der Waals surface area contributed by atoms with Crippen LogP contribution in [0.3, 0.4) is 0 Å². The van der Waals surface area contributed by atoms with E-state index in [0.29, 0.717) is 50.8 Å². The Labute approximate surface area is 169 Å². The quantitative estimate of drug-likeness (QED) is 0.790. The van der Waals surface area contributed by atoms with Gasteiger partial charge in [0.15, 0.2) is 0 Å². The highest BCUT2D eigenvalue weighted by molar-refractivity contribution is 7.99. The van der Waals surface area contributed by atoms with Crippen LogP contribution in [-0.2, 0) is 22.7 Å². The second kappa shape index (κ2) is 8.29. The number of likely N-dealkylation sites (tertiary alicyclic amines) is 1. The number of aromatic nitrogens is 1. The van der Waals surface area contributed by atoms with Crippen molar-refractivity contribution in [1.29, 1.82) is 0 Å². The van der Waals surface area contributed by atoms with E-state index in [1.54, 1.807) is 11.8 Å². The second-order valence-electron chi connectivity index (χ2n) is 8.11. The Morgan fingerprint density at radius 1 is 1.21 bits per heavy atom. The maximum absolute atomic E-state index is 13.2. The van der Waals surface area contributed by atoms with Gasteiger partial charge in [0.2, 0.25) is 11.8 Å². The number of hydrogen-bond donors (Lipinski definition) is 1. The Kier molecular flexibility index (Phi) is 5.78. The predicted octanol–water partition coefficient (Wildman–Crippen LogP) is 0.479. The Hall–Kier alpha value is -1.80. The molecule has 2 bridgehead atoms. The van der Waals surface area contributed by atoms with E-state index in [0.717, 1.165) is 30.8 Å². The molecule has 0 aliphatic carbocycles. The lowest BCUT2D eigenvalue weighted by molar-refractivity contribution is -0.131. The first-order valence-corrected chi connectivity index (χ1v) is 11.4. The number of pyridine rings is 1. The van der Waals surface area contributed by atoms with Gasteiger partial charge in [-0.25, -0.2) is 0 Å². The Morgan fingerprint density at radius 2 is 2.07 bits per heavy atom. The minimum absolute atomic E-state index is 0.0815. The summed E-state index contributed by atoms with van der Waals surface area (Å²) < 4.78 is 1.95. The van der Waals surface area contributed by atoms with Crippen LogP contribution in [0.5, 0.6) is 0 Å². The molecule has 152 valence electrons. The fraction of sp³-hybridized carbons (Fsp3) is 0.650. The molecule has 0 unspecified atom stereocenters. The van der Waals surface area contributed by atoms with E-state index in [2.05, 4.69) is 16.3 Å². The van der Waals surface area contributed by atoms with Crippen LogP contribution in [0.25, 0.3) is 0 Å². The summed E-state index contributed by atoms with van der Waals surface area (Å²) in [5.74, 6) is 1.42. The van der Waals surface area contributed by atoms with Gasteiger partial charge in [0, 0.05) is 69.4 Å². The van der Waals surface area contributed by atoms with Gasteiger partial charge in [0.25, 0.3) is 5.56 Å². The van der Waals surface area contributed by atoms with Crippen LogP contribution >= 0.6 is 11.8 Å². The average molecular weight is 405 g/mol. The van der Waals surface area contributed by atoms with E-state index in [4.69, 9.17) is 0 Å². The summed E-state index contributed by atoms with van der Waals surface area (Å²) in [6, 6.07) is 4.04. The maximum Gasteiger partial charge on any atom is 0.255 e. The SMILES string of the molecule is CSCC(=O)N1C[C@@H]2C[C@H](C1)c1ccc(CN3CCNC(=O)CC3)c(=O)n1C2. The molecule has 2 atom stereocenters. The summed E-state index contributed by atoms with van der Waals surface area (Å²) >= 11 is 1.56. The lowest BCUT2D eigenvalue weighted by Gasteiger charge is -2.43. The molecule has 28 heavy (non-hydrogen) atoms. The van der Waals surface area contributed by atoms with Crippen LogP contribution in [-0.4, -0.2) is 70.9 Å². The summed E-state index contributed by atoms with van der Waals surface area (Å²) in [5, 5.41) is 2.88. The maximum atomic E-state index is 13.2. The Morgan fingerprint density at radius 3 is 2.89 bits per heavy atom. The van der Waals surface area contributed by atoms with Crippen molar-refractivity contribution in [3.8, 4) is 0 Å². The largest absolute Gasteiger partial charge is 0.355 e. The van der Waals surface area contributed by atoms with Crippen molar-refractivity contribution in [1.82, 2.24) is 19.7 Å². The van der Waals surface area contributed by atoms with Gasteiger partial charge in [-0.3, -0.25) is 19.3 Å². The molecule has 1 aromatic rings. The number of piperidine rings is 1. The highest BCUT2D eigenvalue weighted by Gasteiger charge is 2.36. The summed E-state index contributed by atoms with van der Waals surface area (Å²) in [4.78, 5) is 41.2. The molecule has 7 nitrogen and oxygen atoms in total. The fourth-order valence-corrected chi connectivity index (χ4v) is 5.17. The molecule has 0 spiro atoms. The minimum atomic E-state index is 0.0815. The average Bonchev–Trinajstić information content (AvgIpc) is 2.88. The van der Waals surface area contributed by atoms with Crippen LogP contribution in [0.1, 0.15) is 30.0 Å². The highest BCUT2D eigenvalue weighted by Crippen LogP contribution is 2.35. The van der Waals surface area contributed by atoms with E-state index in [9.17, 15) is 14.4 Å². The number of amides is 2. The highest BCUT2D eigenvalue weighted by atomic mass is 32.2. The standard InChI is InChI=1S/C20H28N4O3S/c1-28-13-19(26)23-9-14-8-16(12-23)17-3-2-15(20(27)24(17)10-14)11-22-6-4-18(25)21-5-7-22/h2-3,14,16H,4-13H2,1H3,(H,21,25)/t14-,16+/m0/s1. The summed E-state index contributed by atoms with van der Waals surface area (Å²) in [5.41, 5.74) is 1.97. The zero-order chi connectivity index (χ0) is 19.7. The van der Waals surface area contributed by atoms with Crippen molar-refractivity contribution < 1.29 is 9.59 Å². The number of carbonyl (C=O) groups excluding carboxylic acids is 2. The molecule has 2 saturated heterocycles. The number of fused-ring (bicyclic) bond motifs is 4. The van der Waals surface area contributed by atoms with E-state index in [-0.39, 0.29) is 23.3 Å². The normalized spacial score (nSPS) is 25.0. The zero-order valence-electron chi connectivity index (χ0n) is 16.4. The van der Waals surface area contributed by atoms with Gasteiger partial charge in [-0.1, -0.05) is 6.07 Å². The van der Waals surface area contributed by atoms with Crippen LogP contribution in [0, 0.1) is 5.92 Å². The molecular weight excluding hydrogens is 376 g/mol. The van der Waals surface area contributed by atoms with Crippen molar-refractivity contribution in [2.45, 2.75) is 31.8 Å². The van der Waals surface area contributed by atoms with Gasteiger partial charge in [-0.05, 0) is 24.7 Å². The molecule has 4 heterocycles. The van der Waals surface area contributed by atoms with Crippen molar-refractivity contribution in [2.24, 2.45) is 5.92 Å². The minimum Gasteiger partial charge on any atom is -0.355 e. The first kappa shape index (κ1) is 19.5. The van der Waals surface area contributed by atoms with Crippen molar-refractivity contribution in [3.05, 3.63) is 33.7 Å². The molecular formula is C20H28N4O3S. The number of rotatable bonds is 4. The van der Waals surface area contributed by atoms with Gasteiger partial charge in [0.1, 0.15) is 0 Å². The molecule has 0 radical (unpaired) electrons. The third-order valence-corrected chi connectivity index (χ3v) is 6.64. The van der Waals surface area contributed by atoms with Crippen LogP contribution in [0.2, 0.25) is 0 Å². The fourth-order valence-electron chi connectivity index (χ4n) is 4.74. The number of nitrogens with one attached hydrogen (secondary N) is 1. The van der Waals surface area contributed by atoms with Crippen LogP contribution < -0.4 is 10.9 Å². The monoisotopic (exact) mass is 404 g/mol. The third-order valence-electron chi connectivity index (χ3n) is 6.10. The first-order chi connectivity index (χ1) is 13.5. The number of carbonyl (C=O) groups is 2. The number of thioether (sulfide) groups is 1. The Balaban J connectivity index is 1.52. The molecule has 3 aliphatic heterocycles. The lowest BCUT2D eigenvalue weighted by Crippen LogP contribution is -2.50. The van der Waals surface area contributed by atoms with Gasteiger partial charge >= 0.3 is 0 Å². The Bertz CT molecular complexity index is 824. The van der Waals surface area contributed by atoms with E-state index in [1.807, 2.05) is 21.8 Å². The lowest BCUT2D eigenvalue weighted by atomic mass is 9.83. The number of hydrogen-bond acceptors (Lipinski definition) is 5. The molecule has 0 aromatic carbocycles. The van der Waals surface area contributed by atoms with Crippen LogP contribution in [0.15, 0.2) is 16.9 Å². The van der Waals surface area contributed by atoms with Crippen molar-refractivity contribution in [3.63, 3.8) is 0 Å². The smallest absolute Gasteiger partial charge is 0.255 e. The predicted molar refractivity (Wildman–Crippen MR) is 109 cm³/mol. The molecule has 8 heteroatoms. The third kappa shape index (κ3) is 3.98. The van der Waals surface area contributed by atoms with Crippen molar-refractivity contribution in [2.75, 3.05) is 44.7 Å². The molecule has 3 aliphatic rings. The van der Waals surface area contributed by atoms with Crippen molar-refractivity contribution >= 4 is 23.6 Å². The van der Waals surface area contributed by atoms with Gasteiger partial charge in [0.05, 0.1) is 5.75 Å². The number of nitrogens with zero attached hydrogens (tertiary/aromatic N) is 3. The summed E-state index contributed by atoms with van der Waals surface area (Å²) in [7, 11) is 0. The summed E-state index contributed by atoms with van der Waals surface area (Å²) in [6.45, 7) is 4.84. The molecule has 1 N–H and O–H groups in total. The van der Waals surface area contributed by atoms with E-state index < -0.39 is 0 Å². The van der Waals surface area contributed by atoms with Crippen LogP contribution in [0.4, 0.5) is 0 Å². The molecule has 2 fully saturated rings. The topological polar surface area (TPSA) is 74.7 Å². The first-order valence-electron chi connectivity index (χ1n) is 10.0. The zero-order valence-corrected chi connectivity index (χ0v) is 17.2. The molecule has 2 amide bonds. The molecule has 4 rings (SSSR count). The van der Waals surface area contributed by atoms with E-state index >= 15 is 0 Å². The molecule has 0 saturated carbocycles.